The molecule has 1 saturated heterocycles. The molecule has 4 nitrogen and oxygen atoms in total. The normalized spacial score (nSPS) is 15.7. The summed E-state index contributed by atoms with van der Waals surface area (Å²) in [6.07, 6.45) is -0.421. The molecule has 7 heteroatoms. The second kappa shape index (κ2) is 13.8. The molecule has 0 bridgehead atoms. The van der Waals surface area contributed by atoms with Gasteiger partial charge in [-0.15, -0.1) is 0 Å². The monoisotopic (exact) mass is 538 g/mol. The summed E-state index contributed by atoms with van der Waals surface area (Å²) in [5.74, 6) is 1.09. The Morgan fingerprint density at radius 2 is 1.64 bits per heavy atom. The van der Waals surface area contributed by atoms with Gasteiger partial charge in [0.05, 0.1) is 5.56 Å². The largest absolute Gasteiger partial charge is 0.486 e. The van der Waals surface area contributed by atoms with Crippen molar-refractivity contribution in [1.82, 2.24) is 10.2 Å². The van der Waals surface area contributed by atoms with Crippen molar-refractivity contribution >= 4 is 5.78 Å². The molecule has 208 valence electrons. The first kappa shape index (κ1) is 28.8. The van der Waals surface area contributed by atoms with Gasteiger partial charge in [-0.2, -0.15) is 13.2 Å². The Hall–Kier alpha value is -3.16. The van der Waals surface area contributed by atoms with Crippen LogP contribution in [0.4, 0.5) is 13.2 Å². The number of hydrogen-bond acceptors (Lipinski definition) is 4. The van der Waals surface area contributed by atoms with E-state index in [1.807, 2.05) is 37.4 Å². The predicted octanol–water partition coefficient (Wildman–Crippen LogP) is 7.31. The number of piperidine rings is 1. The molecule has 0 aliphatic carbocycles. The van der Waals surface area contributed by atoms with E-state index in [9.17, 15) is 18.0 Å². The van der Waals surface area contributed by atoms with Crippen LogP contribution in [0.25, 0.3) is 0 Å². The van der Waals surface area contributed by atoms with Crippen LogP contribution in [-0.2, 0) is 12.7 Å². The van der Waals surface area contributed by atoms with E-state index < -0.39 is 11.7 Å². The van der Waals surface area contributed by atoms with Crippen molar-refractivity contribution in [2.45, 2.75) is 50.9 Å². The lowest BCUT2D eigenvalue weighted by Gasteiger charge is -2.32. The van der Waals surface area contributed by atoms with Gasteiger partial charge in [-0.05, 0) is 87.3 Å². The van der Waals surface area contributed by atoms with Crippen LogP contribution in [0.1, 0.15) is 65.3 Å². The van der Waals surface area contributed by atoms with Gasteiger partial charge in [0.2, 0.25) is 0 Å². The number of Topliss-reactive ketones (excluding diaryl/α,β-unsaturated/α-hetero) is 1. The molecular formula is C32H37F3N2O2. The first-order valence-electron chi connectivity index (χ1n) is 13.7. The summed E-state index contributed by atoms with van der Waals surface area (Å²) in [6.45, 7) is 3.79. The average molecular weight is 539 g/mol. The molecule has 1 N–H and O–H groups in total. The number of nitrogens with one attached hydrogen (secondary N) is 1. The quantitative estimate of drug-likeness (QED) is 0.246. The van der Waals surface area contributed by atoms with Gasteiger partial charge in [0, 0.05) is 24.9 Å². The summed E-state index contributed by atoms with van der Waals surface area (Å²) in [5.41, 5.74) is 2.20. The first-order valence-corrected chi connectivity index (χ1v) is 13.7. The number of rotatable bonds is 12. The Balaban J connectivity index is 1.28. The molecule has 1 aliphatic heterocycles. The predicted molar refractivity (Wildman–Crippen MR) is 148 cm³/mol. The lowest BCUT2D eigenvalue weighted by atomic mass is 9.90. The molecule has 1 unspecified atom stereocenters. The zero-order valence-corrected chi connectivity index (χ0v) is 22.4. The third-order valence-electron chi connectivity index (χ3n) is 7.46. The molecule has 1 aliphatic rings. The van der Waals surface area contributed by atoms with E-state index in [0.29, 0.717) is 36.6 Å². The van der Waals surface area contributed by atoms with Crippen LogP contribution < -0.4 is 10.1 Å². The number of alkyl halides is 3. The van der Waals surface area contributed by atoms with E-state index in [0.717, 1.165) is 56.6 Å². The third-order valence-corrected chi connectivity index (χ3v) is 7.46. The zero-order chi connectivity index (χ0) is 27.7. The summed E-state index contributed by atoms with van der Waals surface area (Å²) in [6, 6.07) is 22.7. The zero-order valence-electron chi connectivity index (χ0n) is 22.4. The standard InChI is InChI=1S/C32H37F3N2O2/c1-36-20-17-31(39-29-14-12-28(13-15-29)32(33,34)35)27-10-8-26(9-11-27)30(38)16-7-24-18-21-37(22-19-24)23-25-5-3-2-4-6-25/h2-6,8-15,24,31,36H,7,16-23H2,1H3. The van der Waals surface area contributed by atoms with Gasteiger partial charge in [0.25, 0.3) is 0 Å². The van der Waals surface area contributed by atoms with Crippen LogP contribution in [-0.4, -0.2) is 37.4 Å². The molecule has 0 saturated carbocycles. The summed E-state index contributed by atoms with van der Waals surface area (Å²) in [4.78, 5) is 15.4. The van der Waals surface area contributed by atoms with E-state index in [2.05, 4.69) is 34.5 Å². The van der Waals surface area contributed by atoms with E-state index in [-0.39, 0.29) is 11.9 Å². The lowest BCUT2D eigenvalue weighted by Crippen LogP contribution is -2.33. The fourth-order valence-corrected chi connectivity index (χ4v) is 5.09. The van der Waals surface area contributed by atoms with E-state index in [4.69, 9.17) is 4.74 Å². The number of ketones is 1. The molecular weight excluding hydrogens is 501 g/mol. The summed E-state index contributed by atoms with van der Waals surface area (Å²) in [5, 5.41) is 3.09. The second-order valence-electron chi connectivity index (χ2n) is 10.3. The second-order valence-corrected chi connectivity index (χ2v) is 10.3. The summed E-state index contributed by atoms with van der Waals surface area (Å²) < 4.78 is 44.7. The first-order chi connectivity index (χ1) is 18.8. The minimum atomic E-state index is -4.38. The van der Waals surface area contributed by atoms with Gasteiger partial charge in [-0.25, -0.2) is 0 Å². The maximum absolute atomic E-state index is 12.9. The number of ether oxygens (including phenoxy) is 1. The number of carbonyl (C=O) groups is 1. The molecule has 0 amide bonds. The minimum Gasteiger partial charge on any atom is -0.486 e. The van der Waals surface area contributed by atoms with Crippen molar-refractivity contribution < 1.29 is 22.7 Å². The van der Waals surface area contributed by atoms with E-state index >= 15 is 0 Å². The van der Waals surface area contributed by atoms with Crippen LogP contribution in [0.5, 0.6) is 5.75 Å². The number of halogens is 3. The third kappa shape index (κ3) is 8.67. The van der Waals surface area contributed by atoms with Crippen LogP contribution in [0, 0.1) is 5.92 Å². The van der Waals surface area contributed by atoms with Gasteiger partial charge in [-0.3, -0.25) is 9.69 Å². The van der Waals surface area contributed by atoms with Gasteiger partial charge >= 0.3 is 6.18 Å². The number of nitrogens with zero attached hydrogens (tertiary/aromatic N) is 1. The summed E-state index contributed by atoms with van der Waals surface area (Å²) in [7, 11) is 1.84. The molecule has 4 rings (SSSR count). The molecule has 1 fully saturated rings. The number of hydrogen-bond donors (Lipinski definition) is 1. The van der Waals surface area contributed by atoms with Gasteiger partial charge in [0.1, 0.15) is 11.9 Å². The maximum Gasteiger partial charge on any atom is 0.416 e. The number of benzene rings is 3. The van der Waals surface area contributed by atoms with Gasteiger partial charge < -0.3 is 10.1 Å². The molecule has 0 radical (unpaired) electrons. The highest BCUT2D eigenvalue weighted by atomic mass is 19.4. The van der Waals surface area contributed by atoms with E-state index in [1.165, 1.54) is 17.7 Å². The Kier molecular flexibility index (Phi) is 10.2. The highest BCUT2D eigenvalue weighted by molar-refractivity contribution is 5.96. The SMILES string of the molecule is CNCCC(Oc1ccc(C(F)(F)F)cc1)c1ccc(C(=O)CCC2CCN(Cc3ccccc3)CC2)cc1. The van der Waals surface area contributed by atoms with Crippen molar-refractivity contribution in [3.63, 3.8) is 0 Å². The Bertz CT molecular complexity index is 1160. The molecule has 0 aromatic heterocycles. The molecule has 1 heterocycles. The van der Waals surface area contributed by atoms with Crippen LogP contribution in [0.2, 0.25) is 0 Å². The summed E-state index contributed by atoms with van der Waals surface area (Å²) >= 11 is 0. The topological polar surface area (TPSA) is 41.6 Å². The molecule has 39 heavy (non-hydrogen) atoms. The number of carbonyl (C=O) groups excluding carboxylic acids is 1. The molecule has 3 aromatic rings. The Morgan fingerprint density at radius 3 is 2.26 bits per heavy atom. The Morgan fingerprint density at radius 1 is 0.974 bits per heavy atom. The van der Waals surface area contributed by atoms with E-state index in [1.54, 1.807) is 0 Å². The van der Waals surface area contributed by atoms with Gasteiger partial charge in [-0.1, -0.05) is 54.6 Å². The van der Waals surface area contributed by atoms with Crippen LogP contribution >= 0.6 is 0 Å². The van der Waals surface area contributed by atoms with Gasteiger partial charge in [0.15, 0.2) is 5.78 Å². The molecule has 0 spiro atoms. The van der Waals surface area contributed by atoms with Crippen molar-refractivity contribution in [3.05, 3.63) is 101 Å². The molecule has 1 atom stereocenters. The fraction of sp³-hybridized carbons (Fsp3) is 0.406. The van der Waals surface area contributed by atoms with Crippen molar-refractivity contribution in [3.8, 4) is 5.75 Å². The minimum absolute atomic E-state index is 0.142. The Labute approximate surface area is 229 Å². The number of likely N-dealkylation sites (tertiary alicyclic amines) is 1. The average Bonchev–Trinajstić information content (AvgIpc) is 2.95. The maximum atomic E-state index is 12.9. The lowest BCUT2D eigenvalue weighted by molar-refractivity contribution is -0.137. The van der Waals surface area contributed by atoms with Crippen molar-refractivity contribution in [2.75, 3.05) is 26.7 Å². The fourth-order valence-electron chi connectivity index (χ4n) is 5.09. The van der Waals surface area contributed by atoms with Crippen LogP contribution in [0.3, 0.4) is 0 Å². The highest BCUT2D eigenvalue weighted by Gasteiger charge is 2.30. The van der Waals surface area contributed by atoms with Crippen LogP contribution in [0.15, 0.2) is 78.9 Å². The highest BCUT2D eigenvalue weighted by Crippen LogP contribution is 2.32. The molecule has 3 aromatic carbocycles. The smallest absolute Gasteiger partial charge is 0.416 e. The van der Waals surface area contributed by atoms with Crippen molar-refractivity contribution in [2.24, 2.45) is 5.92 Å². The van der Waals surface area contributed by atoms with Crippen molar-refractivity contribution in [1.29, 1.82) is 0 Å².